The Bertz CT molecular complexity index is 176. The summed E-state index contributed by atoms with van der Waals surface area (Å²) in [5, 5.41) is 0. The zero-order chi connectivity index (χ0) is 8.20. The van der Waals surface area contributed by atoms with Crippen molar-refractivity contribution in [3.05, 3.63) is 0 Å². The lowest BCUT2D eigenvalue weighted by Crippen LogP contribution is -2.18. The topological polar surface area (TPSA) is 89.6 Å². The van der Waals surface area contributed by atoms with E-state index in [0.717, 1.165) is 0 Å². The van der Waals surface area contributed by atoms with Crippen LogP contribution in [0.4, 0.5) is 0 Å². The second-order valence-electron chi connectivity index (χ2n) is 2.05. The van der Waals surface area contributed by atoms with E-state index in [1.54, 1.807) is 6.92 Å². The quantitative estimate of drug-likeness (QED) is 0.548. The van der Waals surface area contributed by atoms with Crippen LogP contribution < -0.4 is 5.73 Å². The highest BCUT2D eigenvalue weighted by Crippen LogP contribution is 1.95. The summed E-state index contributed by atoms with van der Waals surface area (Å²) in [6, 6.07) is 0. The molecular weight excluding hydrogens is 158 g/mol. The molecule has 5 nitrogen and oxygen atoms in total. The summed E-state index contributed by atoms with van der Waals surface area (Å²) in [6.07, 6.45) is 0. The van der Waals surface area contributed by atoms with Gasteiger partial charge in [0.15, 0.2) is 0 Å². The average Bonchev–Trinajstić information content (AvgIpc) is 1.81. The molecule has 0 spiro atoms. The molecular formula is C4H11NO4S. The van der Waals surface area contributed by atoms with Crippen molar-refractivity contribution in [2.75, 3.05) is 13.2 Å². The van der Waals surface area contributed by atoms with Crippen LogP contribution >= 0.6 is 0 Å². The Morgan fingerprint density at radius 3 is 2.50 bits per heavy atom. The summed E-state index contributed by atoms with van der Waals surface area (Å²) >= 11 is 0. The van der Waals surface area contributed by atoms with E-state index in [0.29, 0.717) is 6.54 Å². The average molecular weight is 169 g/mol. The summed E-state index contributed by atoms with van der Waals surface area (Å²) < 4.78 is 32.0. The van der Waals surface area contributed by atoms with Crippen LogP contribution in [0.1, 0.15) is 6.92 Å². The minimum absolute atomic E-state index is 0.0677. The maximum absolute atomic E-state index is 9.94. The van der Waals surface area contributed by atoms with Crippen molar-refractivity contribution < 1.29 is 17.2 Å². The molecule has 0 saturated carbocycles. The first-order chi connectivity index (χ1) is 4.45. The summed E-state index contributed by atoms with van der Waals surface area (Å²) in [7, 11) is -4.28. The predicted molar refractivity (Wildman–Crippen MR) is 35.7 cm³/mol. The van der Waals surface area contributed by atoms with Gasteiger partial charge in [0, 0.05) is 0 Å². The zero-order valence-corrected chi connectivity index (χ0v) is 6.47. The largest absolute Gasteiger partial charge is 0.397 e. The minimum atomic E-state index is -4.28. The zero-order valence-electron chi connectivity index (χ0n) is 5.65. The molecule has 0 radical (unpaired) electrons. The van der Waals surface area contributed by atoms with Crippen molar-refractivity contribution in [3.8, 4) is 0 Å². The lowest BCUT2D eigenvalue weighted by molar-refractivity contribution is 0.233. The van der Waals surface area contributed by atoms with Gasteiger partial charge in [0.2, 0.25) is 0 Å². The van der Waals surface area contributed by atoms with Crippen molar-refractivity contribution in [1.82, 2.24) is 0 Å². The molecule has 0 aliphatic heterocycles. The van der Waals surface area contributed by atoms with E-state index < -0.39 is 10.4 Å². The SMILES string of the molecule is CC(CN)COS(=O)(=O)O. The van der Waals surface area contributed by atoms with Crippen LogP contribution in [-0.2, 0) is 14.6 Å². The van der Waals surface area contributed by atoms with Crippen LogP contribution in [0, 0.1) is 5.92 Å². The summed E-state index contributed by atoms with van der Waals surface area (Å²) in [6.45, 7) is 1.97. The van der Waals surface area contributed by atoms with Crippen LogP contribution in [0.25, 0.3) is 0 Å². The lowest BCUT2D eigenvalue weighted by atomic mass is 10.2. The van der Waals surface area contributed by atoms with E-state index in [9.17, 15) is 8.42 Å². The number of rotatable bonds is 4. The van der Waals surface area contributed by atoms with Crippen molar-refractivity contribution >= 4 is 10.4 Å². The molecule has 0 amide bonds. The molecule has 6 heteroatoms. The molecule has 0 aromatic carbocycles. The Balaban J connectivity index is 3.56. The molecule has 62 valence electrons. The molecule has 0 heterocycles. The van der Waals surface area contributed by atoms with Gasteiger partial charge < -0.3 is 5.73 Å². The van der Waals surface area contributed by atoms with Crippen molar-refractivity contribution in [3.63, 3.8) is 0 Å². The number of hydrogen-bond donors (Lipinski definition) is 2. The first-order valence-corrected chi connectivity index (χ1v) is 4.14. The van der Waals surface area contributed by atoms with Crippen LogP contribution in [-0.4, -0.2) is 26.1 Å². The Hall–Kier alpha value is -0.170. The molecule has 0 saturated heterocycles. The summed E-state index contributed by atoms with van der Waals surface area (Å²) in [4.78, 5) is 0. The molecule has 0 rings (SSSR count). The van der Waals surface area contributed by atoms with Gasteiger partial charge in [-0.25, -0.2) is 4.18 Å². The van der Waals surface area contributed by atoms with Crippen LogP contribution in [0.2, 0.25) is 0 Å². The number of hydrogen-bond acceptors (Lipinski definition) is 4. The van der Waals surface area contributed by atoms with Crippen LogP contribution in [0.3, 0.4) is 0 Å². The van der Waals surface area contributed by atoms with Gasteiger partial charge in [-0.2, -0.15) is 8.42 Å². The molecule has 1 unspecified atom stereocenters. The van der Waals surface area contributed by atoms with Crippen LogP contribution in [0.5, 0.6) is 0 Å². The standard InChI is InChI=1S/C4H11NO4S/c1-4(2-5)3-9-10(6,7)8/h4H,2-3,5H2,1H3,(H,6,7,8). The molecule has 0 aliphatic rings. The molecule has 0 fully saturated rings. The van der Waals surface area contributed by atoms with E-state index in [-0.39, 0.29) is 12.5 Å². The van der Waals surface area contributed by atoms with E-state index >= 15 is 0 Å². The molecule has 3 N–H and O–H groups in total. The van der Waals surface area contributed by atoms with E-state index in [1.807, 2.05) is 0 Å². The van der Waals surface area contributed by atoms with E-state index in [2.05, 4.69) is 4.18 Å². The third kappa shape index (κ3) is 5.96. The van der Waals surface area contributed by atoms with Gasteiger partial charge >= 0.3 is 10.4 Å². The Kier molecular flexibility index (Phi) is 3.80. The lowest BCUT2D eigenvalue weighted by Gasteiger charge is -2.05. The van der Waals surface area contributed by atoms with E-state index in [1.165, 1.54) is 0 Å². The van der Waals surface area contributed by atoms with Gasteiger partial charge in [0.05, 0.1) is 6.61 Å². The van der Waals surface area contributed by atoms with Gasteiger partial charge in [-0.05, 0) is 12.5 Å². The van der Waals surface area contributed by atoms with Gasteiger partial charge in [0.25, 0.3) is 0 Å². The van der Waals surface area contributed by atoms with Gasteiger partial charge in [0.1, 0.15) is 0 Å². The Labute approximate surface area is 60.1 Å². The molecule has 0 aromatic heterocycles. The maximum Gasteiger partial charge on any atom is 0.397 e. The maximum atomic E-state index is 9.94. The highest BCUT2D eigenvalue weighted by atomic mass is 32.3. The molecule has 10 heavy (non-hydrogen) atoms. The smallest absolute Gasteiger partial charge is 0.330 e. The van der Waals surface area contributed by atoms with Crippen molar-refractivity contribution in [1.29, 1.82) is 0 Å². The van der Waals surface area contributed by atoms with Gasteiger partial charge in [-0.1, -0.05) is 6.92 Å². The third-order valence-electron chi connectivity index (χ3n) is 0.904. The second-order valence-corrected chi connectivity index (χ2v) is 3.14. The highest BCUT2D eigenvalue weighted by molar-refractivity contribution is 7.80. The van der Waals surface area contributed by atoms with E-state index in [4.69, 9.17) is 10.3 Å². The summed E-state index contributed by atoms with van der Waals surface area (Å²) in [5.41, 5.74) is 5.14. The normalized spacial score (nSPS) is 15.1. The first-order valence-electron chi connectivity index (χ1n) is 2.77. The minimum Gasteiger partial charge on any atom is -0.330 e. The molecule has 0 aliphatic carbocycles. The monoisotopic (exact) mass is 169 g/mol. The third-order valence-corrected chi connectivity index (χ3v) is 1.34. The molecule has 0 aromatic rings. The van der Waals surface area contributed by atoms with Crippen LogP contribution in [0.15, 0.2) is 0 Å². The van der Waals surface area contributed by atoms with Crippen molar-refractivity contribution in [2.24, 2.45) is 11.7 Å². The van der Waals surface area contributed by atoms with Crippen molar-refractivity contribution in [2.45, 2.75) is 6.92 Å². The van der Waals surface area contributed by atoms with Gasteiger partial charge in [-0.3, -0.25) is 4.55 Å². The highest BCUT2D eigenvalue weighted by Gasteiger charge is 2.06. The fourth-order valence-electron chi connectivity index (χ4n) is 0.270. The fraction of sp³-hybridized carbons (Fsp3) is 1.00. The molecule has 0 bridgehead atoms. The fourth-order valence-corrected chi connectivity index (χ4v) is 0.674. The van der Waals surface area contributed by atoms with Gasteiger partial charge in [-0.15, -0.1) is 0 Å². The predicted octanol–water partition coefficient (Wildman–Crippen LogP) is -0.599. The first kappa shape index (κ1) is 9.83. The summed E-state index contributed by atoms with van der Waals surface area (Å²) in [5.74, 6) is -0.0677. The number of nitrogens with two attached hydrogens (primary N) is 1. The molecule has 1 atom stereocenters. The second kappa shape index (κ2) is 3.87. The Morgan fingerprint density at radius 2 is 2.20 bits per heavy atom. The Morgan fingerprint density at radius 1 is 1.70 bits per heavy atom.